The second-order valence-electron chi connectivity index (χ2n) is 3.92. The molecule has 80 valence electrons. The number of aliphatic hydroxyl groups is 1. The largest absolute Gasteiger partial charge is 0.391 e. The monoisotopic (exact) mass is 198 g/mol. The van der Waals surface area contributed by atoms with Gasteiger partial charge in [0.2, 0.25) is 0 Å². The van der Waals surface area contributed by atoms with Gasteiger partial charge in [-0.05, 0) is 12.3 Å². The summed E-state index contributed by atoms with van der Waals surface area (Å²) in [6.07, 6.45) is 2.18. The molecule has 0 amide bonds. The predicted molar refractivity (Wildman–Crippen MR) is 53.4 cm³/mol. The maximum absolute atomic E-state index is 9.64. The number of aliphatic hydroxyl groups excluding tert-OH is 1. The van der Waals surface area contributed by atoms with E-state index in [1.165, 1.54) is 0 Å². The molecule has 1 unspecified atom stereocenters. The molecule has 0 radical (unpaired) electrons. The lowest BCUT2D eigenvalue weighted by Crippen LogP contribution is -2.18. The first-order chi connectivity index (χ1) is 6.61. The van der Waals surface area contributed by atoms with Crippen molar-refractivity contribution in [2.24, 2.45) is 11.7 Å². The molecule has 0 aliphatic rings. The Balaban J connectivity index is 2.43. The first-order valence-electron chi connectivity index (χ1n) is 4.89. The normalized spacial score (nSPS) is 13.5. The molecule has 0 aliphatic carbocycles. The highest BCUT2D eigenvalue weighted by Gasteiger charge is 2.08. The molecule has 3 N–H and O–H groups in total. The van der Waals surface area contributed by atoms with Crippen LogP contribution in [0, 0.1) is 5.92 Å². The molecule has 1 heterocycles. The molecule has 1 rings (SSSR count). The lowest BCUT2D eigenvalue weighted by Gasteiger charge is -2.11. The van der Waals surface area contributed by atoms with Crippen LogP contribution in [-0.2, 0) is 13.1 Å². The molecule has 0 aliphatic heterocycles. The average molecular weight is 198 g/mol. The fourth-order valence-corrected chi connectivity index (χ4v) is 1.36. The molecule has 0 saturated heterocycles. The van der Waals surface area contributed by atoms with Crippen LogP contribution < -0.4 is 5.73 Å². The van der Waals surface area contributed by atoms with Gasteiger partial charge in [0.1, 0.15) is 0 Å². The van der Waals surface area contributed by atoms with E-state index >= 15 is 0 Å². The maximum Gasteiger partial charge on any atom is 0.0962 e. The van der Waals surface area contributed by atoms with Crippen LogP contribution in [0.25, 0.3) is 0 Å². The highest BCUT2D eigenvalue weighted by atomic mass is 16.3. The van der Waals surface area contributed by atoms with Gasteiger partial charge in [-0.2, -0.15) is 0 Å². The van der Waals surface area contributed by atoms with Crippen molar-refractivity contribution in [2.75, 3.05) is 0 Å². The number of nitrogens with two attached hydrogens (primary N) is 1. The topological polar surface area (TPSA) is 77.0 Å². The third-order valence-corrected chi connectivity index (χ3v) is 1.94. The number of aromatic nitrogens is 3. The summed E-state index contributed by atoms with van der Waals surface area (Å²) in [6, 6.07) is 0. The van der Waals surface area contributed by atoms with Gasteiger partial charge in [-0.15, -0.1) is 5.10 Å². The van der Waals surface area contributed by atoms with Gasteiger partial charge in [-0.3, -0.25) is 0 Å². The molecule has 0 fully saturated rings. The van der Waals surface area contributed by atoms with E-state index in [0.717, 1.165) is 12.1 Å². The zero-order chi connectivity index (χ0) is 10.6. The van der Waals surface area contributed by atoms with E-state index in [-0.39, 0.29) is 6.10 Å². The van der Waals surface area contributed by atoms with Crippen molar-refractivity contribution in [3.05, 3.63) is 11.9 Å². The summed E-state index contributed by atoms with van der Waals surface area (Å²) in [4.78, 5) is 0. The summed E-state index contributed by atoms with van der Waals surface area (Å²) in [5.41, 5.74) is 6.15. The fourth-order valence-electron chi connectivity index (χ4n) is 1.36. The molecule has 0 aromatic carbocycles. The van der Waals surface area contributed by atoms with Crippen molar-refractivity contribution in [1.82, 2.24) is 15.0 Å². The summed E-state index contributed by atoms with van der Waals surface area (Å²) in [6.45, 7) is 5.04. The standard InChI is InChI=1S/C9H18N4O/c1-7(2)3-9(14)6-13-5-8(4-10)11-12-13/h5,7,9,14H,3-4,6,10H2,1-2H3. The van der Waals surface area contributed by atoms with Crippen molar-refractivity contribution in [1.29, 1.82) is 0 Å². The van der Waals surface area contributed by atoms with Gasteiger partial charge in [0, 0.05) is 12.7 Å². The lowest BCUT2D eigenvalue weighted by molar-refractivity contribution is 0.125. The smallest absolute Gasteiger partial charge is 0.0962 e. The van der Waals surface area contributed by atoms with Crippen molar-refractivity contribution in [3.63, 3.8) is 0 Å². The molecule has 14 heavy (non-hydrogen) atoms. The van der Waals surface area contributed by atoms with E-state index in [9.17, 15) is 5.11 Å². The first kappa shape index (κ1) is 11.1. The molecular formula is C9H18N4O. The number of nitrogens with zero attached hydrogens (tertiary/aromatic N) is 3. The van der Waals surface area contributed by atoms with Crippen LogP contribution in [0.2, 0.25) is 0 Å². The van der Waals surface area contributed by atoms with E-state index in [2.05, 4.69) is 24.2 Å². The van der Waals surface area contributed by atoms with Crippen molar-refractivity contribution >= 4 is 0 Å². The second kappa shape index (κ2) is 5.07. The summed E-state index contributed by atoms with van der Waals surface area (Å²) in [7, 11) is 0. The third-order valence-electron chi connectivity index (χ3n) is 1.94. The van der Waals surface area contributed by atoms with Gasteiger partial charge in [0.05, 0.1) is 18.3 Å². The SMILES string of the molecule is CC(C)CC(O)Cn1cc(CN)nn1. The quantitative estimate of drug-likeness (QED) is 0.705. The zero-order valence-electron chi connectivity index (χ0n) is 8.72. The summed E-state index contributed by atoms with van der Waals surface area (Å²) < 4.78 is 1.63. The third kappa shape index (κ3) is 3.43. The van der Waals surface area contributed by atoms with E-state index in [1.807, 2.05) is 0 Å². The maximum atomic E-state index is 9.64. The lowest BCUT2D eigenvalue weighted by atomic mass is 10.1. The van der Waals surface area contributed by atoms with Crippen molar-refractivity contribution in [2.45, 2.75) is 39.5 Å². The summed E-state index contributed by atoms with van der Waals surface area (Å²) >= 11 is 0. The van der Waals surface area contributed by atoms with Crippen LogP contribution in [0.15, 0.2) is 6.20 Å². The molecule has 1 aromatic rings. The van der Waals surface area contributed by atoms with Crippen LogP contribution in [0.4, 0.5) is 0 Å². The minimum absolute atomic E-state index is 0.359. The minimum atomic E-state index is -0.359. The van der Waals surface area contributed by atoms with E-state index in [4.69, 9.17) is 5.73 Å². The Labute approximate surface area is 83.9 Å². The molecule has 5 nitrogen and oxygen atoms in total. The number of hydrogen-bond acceptors (Lipinski definition) is 4. The Hall–Kier alpha value is -0.940. The molecule has 0 bridgehead atoms. The van der Waals surface area contributed by atoms with Crippen LogP contribution in [0.3, 0.4) is 0 Å². The number of rotatable bonds is 5. The molecule has 0 spiro atoms. The summed E-state index contributed by atoms with van der Waals surface area (Å²) in [5, 5.41) is 17.3. The van der Waals surface area contributed by atoms with Gasteiger partial charge in [-0.1, -0.05) is 19.1 Å². The predicted octanol–water partition coefficient (Wildman–Crippen LogP) is 0.144. The minimum Gasteiger partial charge on any atom is -0.391 e. The van der Waals surface area contributed by atoms with Crippen molar-refractivity contribution in [3.8, 4) is 0 Å². The molecule has 0 saturated carbocycles. The average Bonchev–Trinajstić information content (AvgIpc) is 2.50. The van der Waals surface area contributed by atoms with Crippen LogP contribution in [0.1, 0.15) is 26.0 Å². The van der Waals surface area contributed by atoms with E-state index in [0.29, 0.717) is 19.0 Å². The first-order valence-corrected chi connectivity index (χ1v) is 4.89. The van der Waals surface area contributed by atoms with Crippen molar-refractivity contribution < 1.29 is 5.11 Å². The molecule has 5 heteroatoms. The van der Waals surface area contributed by atoms with Gasteiger partial charge in [0.15, 0.2) is 0 Å². The molecular weight excluding hydrogens is 180 g/mol. The van der Waals surface area contributed by atoms with Crippen LogP contribution >= 0.6 is 0 Å². The molecule has 1 aromatic heterocycles. The van der Waals surface area contributed by atoms with E-state index in [1.54, 1.807) is 10.9 Å². The Kier molecular flexibility index (Phi) is 4.03. The fraction of sp³-hybridized carbons (Fsp3) is 0.778. The zero-order valence-corrected chi connectivity index (χ0v) is 8.72. The van der Waals surface area contributed by atoms with Crippen LogP contribution in [-0.4, -0.2) is 26.2 Å². The summed E-state index contributed by atoms with van der Waals surface area (Å²) in [5.74, 6) is 0.488. The van der Waals surface area contributed by atoms with E-state index < -0.39 is 0 Å². The highest BCUT2D eigenvalue weighted by molar-refractivity contribution is 4.90. The molecule has 1 atom stereocenters. The Morgan fingerprint density at radius 3 is 2.79 bits per heavy atom. The van der Waals surface area contributed by atoms with Gasteiger partial charge >= 0.3 is 0 Å². The second-order valence-corrected chi connectivity index (χ2v) is 3.92. The van der Waals surface area contributed by atoms with Crippen LogP contribution in [0.5, 0.6) is 0 Å². The van der Waals surface area contributed by atoms with Gasteiger partial charge in [0.25, 0.3) is 0 Å². The highest BCUT2D eigenvalue weighted by Crippen LogP contribution is 2.06. The number of hydrogen-bond donors (Lipinski definition) is 2. The Morgan fingerprint density at radius 1 is 1.57 bits per heavy atom. The Morgan fingerprint density at radius 2 is 2.29 bits per heavy atom. The van der Waals surface area contributed by atoms with Gasteiger partial charge < -0.3 is 10.8 Å². The Bertz CT molecular complexity index is 272. The van der Waals surface area contributed by atoms with Gasteiger partial charge in [-0.25, -0.2) is 4.68 Å².